The first-order valence-corrected chi connectivity index (χ1v) is 9.47. The first kappa shape index (κ1) is 20.9. The number of halogens is 1. The average molecular weight is 367 g/mol. The second-order valence-corrected chi connectivity index (χ2v) is 6.91. The average Bonchev–Trinajstić information content (AvgIpc) is 2.73. The van der Waals surface area contributed by atoms with Gasteiger partial charge in [-0.05, 0) is 35.1 Å². The smallest absolute Gasteiger partial charge is 0.267 e. The molecule has 1 fully saturated rings. The maximum atomic E-state index is 13.0. The summed E-state index contributed by atoms with van der Waals surface area (Å²) in [5.74, 6) is 3.29. The predicted molar refractivity (Wildman–Crippen MR) is 108 cm³/mol. The number of rotatable bonds is 4. The second kappa shape index (κ2) is 10.7. The van der Waals surface area contributed by atoms with Gasteiger partial charge in [0.1, 0.15) is 5.75 Å². The van der Waals surface area contributed by atoms with Crippen LogP contribution in [0.3, 0.4) is 0 Å². The monoisotopic (exact) mass is 367 g/mol. The Bertz CT molecular complexity index is 772. The number of hydrogen-bond donors (Lipinski definition) is 1. The van der Waals surface area contributed by atoms with Crippen molar-refractivity contribution in [2.24, 2.45) is 5.73 Å². The molecule has 3 rings (SSSR count). The maximum absolute atomic E-state index is 13.0. The van der Waals surface area contributed by atoms with Gasteiger partial charge in [0.15, 0.2) is 0 Å². The Hall–Kier alpha value is -2.39. The van der Waals surface area contributed by atoms with Crippen LogP contribution in [0.2, 0.25) is 12.6 Å². The summed E-state index contributed by atoms with van der Waals surface area (Å²) in [7, 11) is 1.60. The van der Waals surface area contributed by atoms with Gasteiger partial charge in [0, 0.05) is 30.3 Å². The van der Waals surface area contributed by atoms with Crippen LogP contribution in [-0.4, -0.2) is 18.8 Å². The van der Waals surface area contributed by atoms with Crippen LogP contribution in [-0.2, 0) is 6.54 Å². The summed E-state index contributed by atoms with van der Waals surface area (Å²) in [6.45, 7) is 2.72. The molecule has 1 aromatic carbocycles. The first-order chi connectivity index (χ1) is 13.1. The Morgan fingerprint density at radius 3 is 2.52 bits per heavy atom. The number of hydrogen-bond acceptors (Lipinski definition) is 4. The third-order valence-corrected chi connectivity index (χ3v) is 5.12. The highest BCUT2D eigenvalue weighted by molar-refractivity contribution is 6.67. The van der Waals surface area contributed by atoms with Crippen molar-refractivity contribution in [3.05, 3.63) is 48.0 Å². The lowest BCUT2D eigenvalue weighted by Crippen LogP contribution is -2.17. The molecule has 1 aromatic heterocycles. The molecular weight excluding hydrogens is 340 g/mol. The second-order valence-electron chi connectivity index (χ2n) is 6.91. The Morgan fingerprint density at radius 1 is 1.22 bits per heavy atom. The maximum Gasteiger partial charge on any atom is 0.267 e. The highest BCUT2D eigenvalue weighted by Crippen LogP contribution is 2.30. The van der Waals surface area contributed by atoms with Crippen molar-refractivity contribution in [1.29, 1.82) is 5.26 Å². The van der Waals surface area contributed by atoms with Gasteiger partial charge < -0.3 is 10.5 Å². The zero-order chi connectivity index (χ0) is 19.6. The van der Waals surface area contributed by atoms with Gasteiger partial charge in [0.2, 0.25) is 5.95 Å². The Morgan fingerprint density at radius 2 is 1.93 bits per heavy atom. The van der Waals surface area contributed by atoms with Crippen LogP contribution in [0.1, 0.15) is 37.7 Å². The normalized spacial score (nSPS) is 13.9. The topological polar surface area (TPSA) is 71.9 Å². The Balaban J connectivity index is 0.000000223. The molecule has 2 aromatic rings. The van der Waals surface area contributed by atoms with E-state index in [1.165, 1.54) is 44.4 Å². The molecule has 0 atom stereocenters. The summed E-state index contributed by atoms with van der Waals surface area (Å²) in [5.41, 5.74) is 8.20. The van der Waals surface area contributed by atoms with Gasteiger partial charge in [-0.2, -0.15) is 4.39 Å². The molecule has 1 heterocycles. The summed E-state index contributed by atoms with van der Waals surface area (Å²) < 4.78 is 18.2. The van der Waals surface area contributed by atoms with Crippen LogP contribution in [0.25, 0.3) is 11.1 Å². The highest BCUT2D eigenvalue weighted by Gasteiger charge is 2.22. The van der Waals surface area contributed by atoms with E-state index in [-0.39, 0.29) is 0 Å². The van der Waals surface area contributed by atoms with Crippen LogP contribution in [0, 0.1) is 17.2 Å². The predicted octanol–water partition coefficient (Wildman–Crippen LogP) is 4.86. The van der Waals surface area contributed by atoms with Crippen molar-refractivity contribution in [3.8, 4) is 22.8 Å². The number of nitrogens with zero attached hydrogens (tertiary/aromatic N) is 2. The molecule has 0 amide bonds. The van der Waals surface area contributed by atoms with E-state index in [0.717, 1.165) is 22.4 Å². The number of aromatic nitrogens is 1. The molecule has 1 aliphatic rings. The molecule has 0 bridgehead atoms. The molecule has 6 heteroatoms. The number of nitrogens with two attached hydrogens (primary N) is 1. The molecule has 0 unspecified atom stereocenters. The third kappa shape index (κ3) is 6.08. The summed E-state index contributed by atoms with van der Waals surface area (Å²) in [6.07, 6.45) is 8.09. The third-order valence-electron chi connectivity index (χ3n) is 5.12. The minimum Gasteiger partial charge on any atom is -0.496 e. The van der Waals surface area contributed by atoms with Crippen LogP contribution in [0.5, 0.6) is 5.75 Å². The lowest BCUT2D eigenvalue weighted by Gasteiger charge is -2.21. The zero-order valence-corrected chi connectivity index (χ0v) is 16.1. The molecule has 1 aliphatic carbocycles. The first-order valence-electron chi connectivity index (χ1n) is 9.47. The standard InChI is InChI=1S/C13H13FN2O.C8H14BN/c1-17-12-3-2-9(6-11(12)8-15)10-4-5-16-13(14)7-10;1-9(7-10)8-5-3-2-4-6-8/h2-7H,8,15H2,1H3;8H,2-6H2,1H3. The molecule has 27 heavy (non-hydrogen) atoms. The summed E-state index contributed by atoms with van der Waals surface area (Å²) in [6, 6.07) is 8.74. The van der Waals surface area contributed by atoms with Gasteiger partial charge in [-0.15, -0.1) is 0 Å². The number of ether oxygens (including phenoxy) is 1. The molecule has 0 aliphatic heterocycles. The fourth-order valence-electron chi connectivity index (χ4n) is 3.44. The van der Waals surface area contributed by atoms with Crippen molar-refractivity contribution >= 4 is 6.71 Å². The van der Waals surface area contributed by atoms with Gasteiger partial charge in [-0.1, -0.05) is 45.0 Å². The fraction of sp³-hybridized carbons (Fsp3) is 0.429. The SMILES string of the molecule is CB(C#N)C1CCCCC1.COc1ccc(-c2ccnc(F)c2)cc1CN. The fourth-order valence-corrected chi connectivity index (χ4v) is 3.44. The molecule has 0 radical (unpaired) electrons. The highest BCUT2D eigenvalue weighted by atomic mass is 19.1. The van der Waals surface area contributed by atoms with Crippen molar-refractivity contribution in [2.45, 2.75) is 51.3 Å². The van der Waals surface area contributed by atoms with E-state index in [1.54, 1.807) is 13.2 Å². The summed E-state index contributed by atoms with van der Waals surface area (Å²) >= 11 is 0. The minimum absolute atomic E-state index is 0.292. The van der Waals surface area contributed by atoms with Gasteiger partial charge in [-0.25, -0.2) is 10.2 Å². The van der Waals surface area contributed by atoms with E-state index in [2.05, 4.69) is 17.8 Å². The number of pyridine rings is 1. The Kier molecular flexibility index (Phi) is 8.28. The van der Waals surface area contributed by atoms with E-state index in [0.29, 0.717) is 19.1 Å². The van der Waals surface area contributed by atoms with Crippen molar-refractivity contribution < 1.29 is 9.13 Å². The van der Waals surface area contributed by atoms with E-state index < -0.39 is 5.95 Å². The van der Waals surface area contributed by atoms with Crippen molar-refractivity contribution in [3.63, 3.8) is 0 Å². The van der Waals surface area contributed by atoms with Crippen molar-refractivity contribution in [1.82, 2.24) is 4.98 Å². The van der Waals surface area contributed by atoms with Crippen molar-refractivity contribution in [2.75, 3.05) is 7.11 Å². The van der Waals surface area contributed by atoms with E-state index >= 15 is 0 Å². The van der Waals surface area contributed by atoms with Crippen LogP contribution in [0.15, 0.2) is 36.5 Å². The zero-order valence-electron chi connectivity index (χ0n) is 16.1. The van der Waals surface area contributed by atoms with Gasteiger partial charge in [0.25, 0.3) is 6.71 Å². The minimum atomic E-state index is -0.493. The molecule has 0 spiro atoms. The van der Waals surface area contributed by atoms with E-state index in [1.807, 2.05) is 18.2 Å². The number of benzene rings is 1. The van der Waals surface area contributed by atoms with Crippen LogP contribution < -0.4 is 10.5 Å². The molecule has 0 saturated heterocycles. The number of nitriles is 1. The largest absolute Gasteiger partial charge is 0.496 e. The quantitative estimate of drug-likeness (QED) is 0.619. The lowest BCUT2D eigenvalue weighted by molar-refractivity contribution is 0.410. The Labute approximate surface area is 161 Å². The van der Waals surface area contributed by atoms with E-state index in [4.69, 9.17) is 15.7 Å². The van der Waals surface area contributed by atoms with Gasteiger partial charge in [-0.3, -0.25) is 0 Å². The number of methoxy groups -OCH3 is 1. The summed E-state index contributed by atoms with van der Waals surface area (Å²) in [4.78, 5) is 3.53. The molecular formula is C21H27BFN3O. The van der Waals surface area contributed by atoms with E-state index in [9.17, 15) is 4.39 Å². The molecule has 2 N–H and O–H groups in total. The molecule has 142 valence electrons. The van der Waals surface area contributed by atoms with Crippen LogP contribution in [0.4, 0.5) is 4.39 Å². The molecule has 4 nitrogen and oxygen atoms in total. The van der Waals surface area contributed by atoms with Gasteiger partial charge >= 0.3 is 0 Å². The lowest BCUT2D eigenvalue weighted by atomic mass is 9.41. The van der Waals surface area contributed by atoms with Gasteiger partial charge in [0.05, 0.1) is 7.11 Å². The summed E-state index contributed by atoms with van der Waals surface area (Å²) in [5, 5.41) is 8.64. The van der Waals surface area contributed by atoms with Crippen LogP contribution >= 0.6 is 0 Å². The molecule has 1 saturated carbocycles.